The van der Waals surface area contributed by atoms with Crippen LogP contribution in [0.15, 0.2) is 30.5 Å². The summed E-state index contributed by atoms with van der Waals surface area (Å²) in [6.07, 6.45) is 6.69. The Bertz CT molecular complexity index is 526. The molecule has 1 heterocycles. The van der Waals surface area contributed by atoms with Gasteiger partial charge in [0.15, 0.2) is 6.29 Å². The number of benzene rings is 1. The van der Waals surface area contributed by atoms with Gasteiger partial charge in [-0.1, -0.05) is 24.3 Å². The van der Waals surface area contributed by atoms with Crippen molar-refractivity contribution in [1.82, 2.24) is 10.3 Å². The Morgan fingerprint density at radius 3 is 3.00 bits per heavy atom. The van der Waals surface area contributed by atoms with E-state index < -0.39 is 0 Å². The summed E-state index contributed by atoms with van der Waals surface area (Å²) in [5.74, 6) is 0. The topological polar surface area (TPSA) is 44.9 Å². The third-order valence-corrected chi connectivity index (χ3v) is 2.51. The maximum Gasteiger partial charge on any atom is 0.152 e. The van der Waals surface area contributed by atoms with Crippen LogP contribution in [0, 0.1) is 0 Å². The minimum absolute atomic E-state index is 0.708. The van der Waals surface area contributed by atoms with E-state index in [-0.39, 0.29) is 0 Å². The molecule has 0 unspecified atom stereocenters. The highest BCUT2D eigenvalue weighted by Gasteiger charge is 2.05. The molecule has 0 aliphatic carbocycles. The third-order valence-electron chi connectivity index (χ3n) is 2.51. The summed E-state index contributed by atoms with van der Waals surface area (Å²) in [4.78, 5) is 14.0. The molecule has 1 aromatic heterocycles. The minimum atomic E-state index is 0.708. The molecule has 0 atom stereocenters. The average Bonchev–Trinajstić information content (AvgIpc) is 2.73. The fraction of sp³-hybridized carbons (Fsp3) is 0.154. The molecule has 0 amide bonds. The smallest absolute Gasteiger partial charge is 0.152 e. The number of aldehydes is 1. The van der Waals surface area contributed by atoms with E-state index in [0.717, 1.165) is 29.3 Å². The van der Waals surface area contributed by atoms with Crippen molar-refractivity contribution in [2.75, 3.05) is 13.6 Å². The van der Waals surface area contributed by atoms with Crippen LogP contribution in [0.2, 0.25) is 0 Å². The van der Waals surface area contributed by atoms with Crippen LogP contribution in [0.3, 0.4) is 0 Å². The summed E-state index contributed by atoms with van der Waals surface area (Å²) in [6.45, 7) is 0.817. The van der Waals surface area contributed by atoms with Crippen molar-refractivity contribution >= 4 is 23.3 Å². The highest BCUT2D eigenvalue weighted by atomic mass is 16.1. The van der Waals surface area contributed by atoms with Crippen molar-refractivity contribution in [2.45, 2.75) is 0 Å². The van der Waals surface area contributed by atoms with E-state index in [1.54, 1.807) is 6.20 Å². The van der Waals surface area contributed by atoms with Gasteiger partial charge < -0.3 is 10.3 Å². The first kappa shape index (κ1) is 10.6. The van der Waals surface area contributed by atoms with Crippen LogP contribution in [0.5, 0.6) is 0 Å². The molecule has 0 saturated carbocycles. The summed E-state index contributed by atoms with van der Waals surface area (Å²) in [5, 5.41) is 4.03. The van der Waals surface area contributed by atoms with E-state index in [2.05, 4.69) is 10.3 Å². The number of fused-ring (bicyclic) bond motifs is 1. The van der Waals surface area contributed by atoms with E-state index >= 15 is 0 Å². The zero-order chi connectivity index (χ0) is 11.4. The number of likely N-dealkylation sites (N-methyl/N-ethyl adjacent to an activating group) is 1. The van der Waals surface area contributed by atoms with E-state index in [0.29, 0.717) is 5.56 Å². The number of carbonyl (C=O) groups is 1. The Balaban J connectivity index is 2.51. The van der Waals surface area contributed by atoms with Crippen molar-refractivity contribution in [3.05, 3.63) is 41.6 Å². The summed E-state index contributed by atoms with van der Waals surface area (Å²) < 4.78 is 0. The number of rotatable bonds is 4. The lowest BCUT2D eigenvalue weighted by Crippen LogP contribution is -2.03. The molecule has 2 rings (SSSR count). The molecule has 0 aliphatic rings. The summed E-state index contributed by atoms with van der Waals surface area (Å²) in [5.41, 5.74) is 2.77. The van der Waals surface area contributed by atoms with Crippen molar-refractivity contribution < 1.29 is 4.79 Å². The zero-order valence-corrected chi connectivity index (χ0v) is 9.16. The van der Waals surface area contributed by atoms with Crippen molar-refractivity contribution in [2.24, 2.45) is 0 Å². The summed E-state index contributed by atoms with van der Waals surface area (Å²) >= 11 is 0. The Hall–Kier alpha value is -1.87. The molecule has 0 spiro atoms. The Labute approximate surface area is 94.2 Å². The van der Waals surface area contributed by atoms with Crippen LogP contribution in [0.4, 0.5) is 0 Å². The molecule has 3 heteroatoms. The summed E-state index contributed by atoms with van der Waals surface area (Å²) in [7, 11) is 1.90. The quantitative estimate of drug-likeness (QED) is 0.766. The molecule has 0 fully saturated rings. The number of nitrogens with one attached hydrogen (secondary N) is 2. The van der Waals surface area contributed by atoms with E-state index in [1.165, 1.54) is 0 Å². The second kappa shape index (κ2) is 4.77. The number of H-pyrrole nitrogens is 1. The molecule has 16 heavy (non-hydrogen) atoms. The second-order valence-corrected chi connectivity index (χ2v) is 3.59. The summed E-state index contributed by atoms with van der Waals surface area (Å²) in [6, 6.07) is 5.96. The van der Waals surface area contributed by atoms with Crippen molar-refractivity contribution in [3.8, 4) is 0 Å². The van der Waals surface area contributed by atoms with Gasteiger partial charge in [0, 0.05) is 29.2 Å². The fourth-order valence-corrected chi connectivity index (χ4v) is 1.78. The lowest BCUT2D eigenvalue weighted by molar-refractivity contribution is 0.112. The highest BCUT2D eigenvalue weighted by Crippen LogP contribution is 2.22. The van der Waals surface area contributed by atoms with Gasteiger partial charge in [0.1, 0.15) is 0 Å². The minimum Gasteiger partial charge on any atom is -0.360 e. The first-order chi connectivity index (χ1) is 7.86. The van der Waals surface area contributed by atoms with Gasteiger partial charge >= 0.3 is 0 Å². The number of carbonyl (C=O) groups excluding carboxylic acids is 1. The van der Waals surface area contributed by atoms with Crippen LogP contribution in [0.25, 0.3) is 17.0 Å². The largest absolute Gasteiger partial charge is 0.360 e. The Morgan fingerprint density at radius 2 is 2.25 bits per heavy atom. The van der Waals surface area contributed by atoms with Crippen LogP contribution in [0.1, 0.15) is 15.9 Å². The number of aromatic amines is 1. The Morgan fingerprint density at radius 1 is 1.38 bits per heavy atom. The van der Waals surface area contributed by atoms with E-state index in [9.17, 15) is 4.79 Å². The van der Waals surface area contributed by atoms with Crippen LogP contribution in [-0.2, 0) is 0 Å². The van der Waals surface area contributed by atoms with E-state index in [1.807, 2.05) is 37.4 Å². The molecular weight excluding hydrogens is 200 g/mol. The number of hydrogen-bond acceptors (Lipinski definition) is 2. The lowest BCUT2D eigenvalue weighted by Gasteiger charge is -1.98. The molecule has 0 bridgehead atoms. The molecule has 82 valence electrons. The number of hydrogen-bond donors (Lipinski definition) is 2. The Kier molecular flexibility index (Phi) is 3.17. The van der Waals surface area contributed by atoms with Crippen LogP contribution >= 0.6 is 0 Å². The molecule has 0 saturated heterocycles. The first-order valence-corrected chi connectivity index (χ1v) is 5.23. The van der Waals surface area contributed by atoms with Gasteiger partial charge in [-0.2, -0.15) is 0 Å². The molecular formula is C13H14N2O. The lowest BCUT2D eigenvalue weighted by atomic mass is 10.1. The first-order valence-electron chi connectivity index (χ1n) is 5.23. The van der Waals surface area contributed by atoms with Gasteiger partial charge in [-0.25, -0.2) is 0 Å². The molecule has 0 radical (unpaired) electrons. The molecule has 2 N–H and O–H groups in total. The van der Waals surface area contributed by atoms with Gasteiger partial charge in [-0.3, -0.25) is 4.79 Å². The van der Waals surface area contributed by atoms with Gasteiger partial charge in [-0.15, -0.1) is 0 Å². The van der Waals surface area contributed by atoms with Crippen molar-refractivity contribution in [3.63, 3.8) is 0 Å². The number of aromatic nitrogens is 1. The molecule has 2 aromatic rings. The predicted molar refractivity (Wildman–Crippen MR) is 66.6 cm³/mol. The predicted octanol–water partition coefficient (Wildman–Crippen LogP) is 2.21. The normalized spacial score (nSPS) is 11.3. The monoisotopic (exact) mass is 214 g/mol. The molecule has 3 nitrogen and oxygen atoms in total. The van der Waals surface area contributed by atoms with Gasteiger partial charge in [0.05, 0.1) is 0 Å². The molecule has 0 aliphatic heterocycles. The third kappa shape index (κ3) is 1.90. The SMILES string of the molecule is CNCC=Cc1cccc2[nH]cc(C=O)c12. The van der Waals surface area contributed by atoms with Crippen molar-refractivity contribution in [1.29, 1.82) is 0 Å². The fourth-order valence-electron chi connectivity index (χ4n) is 1.78. The average molecular weight is 214 g/mol. The van der Waals surface area contributed by atoms with Crippen LogP contribution in [-0.4, -0.2) is 24.9 Å². The second-order valence-electron chi connectivity index (χ2n) is 3.59. The molecule has 1 aromatic carbocycles. The van der Waals surface area contributed by atoms with Gasteiger partial charge in [0.25, 0.3) is 0 Å². The van der Waals surface area contributed by atoms with Crippen LogP contribution < -0.4 is 5.32 Å². The maximum absolute atomic E-state index is 10.9. The van der Waals surface area contributed by atoms with E-state index in [4.69, 9.17) is 0 Å². The van der Waals surface area contributed by atoms with Gasteiger partial charge in [0.2, 0.25) is 0 Å². The standard InChI is InChI=1S/C13H14N2O/c1-14-7-3-5-10-4-2-6-12-13(10)11(9-16)8-15-12/h2-6,8-9,14-15H,7H2,1H3. The van der Waals surface area contributed by atoms with Gasteiger partial charge in [-0.05, 0) is 18.7 Å². The zero-order valence-electron chi connectivity index (χ0n) is 9.16. The highest BCUT2D eigenvalue weighted by molar-refractivity contribution is 6.01. The maximum atomic E-state index is 10.9.